The first-order chi connectivity index (χ1) is 11.5. The zero-order valence-corrected chi connectivity index (χ0v) is 13.6. The molecule has 2 aromatic carbocycles. The Bertz CT molecular complexity index is 748. The van der Waals surface area contributed by atoms with E-state index in [1.807, 2.05) is 31.2 Å². The Kier molecular flexibility index (Phi) is 4.81. The third-order valence-corrected chi connectivity index (χ3v) is 4.37. The third kappa shape index (κ3) is 3.74. The Morgan fingerprint density at radius 2 is 2.17 bits per heavy atom. The molecule has 24 heavy (non-hydrogen) atoms. The fourth-order valence-corrected chi connectivity index (χ4v) is 3.13. The molecule has 2 unspecified atom stereocenters. The molecule has 3 N–H and O–H groups in total. The van der Waals surface area contributed by atoms with E-state index in [0.717, 1.165) is 35.1 Å². The van der Waals surface area contributed by atoms with Crippen molar-refractivity contribution in [1.82, 2.24) is 10.6 Å². The summed E-state index contributed by atoms with van der Waals surface area (Å²) in [5.74, 6) is -0.250. The lowest BCUT2D eigenvalue weighted by Gasteiger charge is -2.17. The molecule has 1 aliphatic carbocycles. The minimum atomic E-state index is -0.749. The number of halogens is 1. The smallest absolute Gasteiger partial charge is 0.315 e. The molecular weight excluding hydrogens is 307 g/mol. The second-order valence-electron chi connectivity index (χ2n) is 6.22. The number of aliphatic hydroxyl groups is 1. The van der Waals surface area contributed by atoms with Gasteiger partial charge in [0, 0.05) is 6.54 Å². The van der Waals surface area contributed by atoms with Crippen molar-refractivity contribution in [2.45, 2.75) is 31.9 Å². The minimum absolute atomic E-state index is 0.114. The Labute approximate surface area is 140 Å². The molecule has 2 aromatic rings. The van der Waals surface area contributed by atoms with Crippen LogP contribution >= 0.6 is 0 Å². The number of aryl methyl sites for hydroxylation is 2. The molecule has 5 heteroatoms. The molecule has 126 valence electrons. The number of carbonyl (C=O) groups is 1. The summed E-state index contributed by atoms with van der Waals surface area (Å²) < 4.78 is 13.2. The van der Waals surface area contributed by atoms with E-state index in [4.69, 9.17) is 0 Å². The predicted molar refractivity (Wildman–Crippen MR) is 90.1 cm³/mol. The van der Waals surface area contributed by atoms with E-state index in [1.165, 1.54) is 12.1 Å². The lowest BCUT2D eigenvalue weighted by Crippen LogP contribution is -2.39. The van der Waals surface area contributed by atoms with Gasteiger partial charge in [-0.15, -0.1) is 0 Å². The van der Waals surface area contributed by atoms with Gasteiger partial charge in [0.2, 0.25) is 0 Å². The van der Waals surface area contributed by atoms with Crippen LogP contribution in [0, 0.1) is 12.7 Å². The van der Waals surface area contributed by atoms with Crippen molar-refractivity contribution >= 4 is 6.03 Å². The molecule has 0 bridgehead atoms. The summed E-state index contributed by atoms with van der Waals surface area (Å²) in [5, 5.41) is 15.7. The van der Waals surface area contributed by atoms with Crippen molar-refractivity contribution in [2.75, 3.05) is 6.54 Å². The van der Waals surface area contributed by atoms with Gasteiger partial charge >= 0.3 is 6.03 Å². The molecule has 0 saturated carbocycles. The van der Waals surface area contributed by atoms with E-state index in [-0.39, 0.29) is 24.4 Å². The van der Waals surface area contributed by atoms with Gasteiger partial charge in [-0.25, -0.2) is 9.18 Å². The summed E-state index contributed by atoms with van der Waals surface area (Å²) in [6.45, 7) is 2.09. The number of rotatable bonds is 4. The SMILES string of the molecule is Cc1cccc(C(O)CNC(=O)NC2CCc3cc(F)ccc32)c1. The van der Waals surface area contributed by atoms with Crippen molar-refractivity contribution in [1.29, 1.82) is 0 Å². The number of fused-ring (bicyclic) bond motifs is 1. The third-order valence-electron chi connectivity index (χ3n) is 4.37. The average molecular weight is 328 g/mol. The fraction of sp³-hybridized carbons (Fsp3) is 0.316. The average Bonchev–Trinajstić information content (AvgIpc) is 2.94. The van der Waals surface area contributed by atoms with Crippen molar-refractivity contribution in [3.8, 4) is 0 Å². The van der Waals surface area contributed by atoms with Gasteiger partial charge in [-0.1, -0.05) is 35.9 Å². The molecule has 0 radical (unpaired) electrons. The first-order valence-electron chi connectivity index (χ1n) is 8.10. The van der Waals surface area contributed by atoms with Crippen LogP contribution in [0.25, 0.3) is 0 Å². The van der Waals surface area contributed by atoms with Gasteiger partial charge in [0.05, 0.1) is 12.1 Å². The topological polar surface area (TPSA) is 61.4 Å². The number of urea groups is 1. The molecule has 1 aliphatic rings. The summed E-state index contributed by atoms with van der Waals surface area (Å²) in [4.78, 5) is 12.1. The molecule has 3 rings (SSSR count). The van der Waals surface area contributed by atoms with Crippen molar-refractivity contribution in [3.63, 3.8) is 0 Å². The zero-order chi connectivity index (χ0) is 17.1. The molecule has 0 saturated heterocycles. The lowest BCUT2D eigenvalue weighted by atomic mass is 10.1. The summed E-state index contributed by atoms with van der Waals surface area (Å²) in [5.41, 5.74) is 3.74. The highest BCUT2D eigenvalue weighted by molar-refractivity contribution is 5.74. The van der Waals surface area contributed by atoms with Crippen LogP contribution < -0.4 is 10.6 Å². The largest absolute Gasteiger partial charge is 0.387 e. The van der Waals surface area contributed by atoms with Crippen LogP contribution in [0.15, 0.2) is 42.5 Å². The molecule has 4 nitrogen and oxygen atoms in total. The molecule has 0 fully saturated rings. The monoisotopic (exact) mass is 328 g/mol. The second kappa shape index (κ2) is 7.01. The standard InChI is InChI=1S/C19H21FN2O2/c1-12-3-2-4-14(9-12)18(23)11-21-19(24)22-17-8-5-13-10-15(20)6-7-16(13)17/h2-4,6-7,9-10,17-18,23H,5,8,11H2,1H3,(H2,21,22,24). The molecule has 0 aliphatic heterocycles. The van der Waals surface area contributed by atoms with Crippen LogP contribution in [-0.2, 0) is 6.42 Å². The number of hydrogen-bond acceptors (Lipinski definition) is 2. The summed E-state index contributed by atoms with van der Waals surface area (Å²) in [6.07, 6.45) is 0.761. The lowest BCUT2D eigenvalue weighted by molar-refractivity contribution is 0.172. The van der Waals surface area contributed by atoms with Gasteiger partial charge in [-0.2, -0.15) is 0 Å². The van der Waals surface area contributed by atoms with Crippen LogP contribution in [0.3, 0.4) is 0 Å². The highest BCUT2D eigenvalue weighted by Gasteiger charge is 2.24. The van der Waals surface area contributed by atoms with Crippen LogP contribution in [0.5, 0.6) is 0 Å². The maximum atomic E-state index is 13.2. The molecule has 2 amide bonds. The molecular formula is C19H21FN2O2. The molecule has 0 heterocycles. The van der Waals surface area contributed by atoms with Gasteiger partial charge in [0.25, 0.3) is 0 Å². The van der Waals surface area contributed by atoms with Crippen LogP contribution in [0.2, 0.25) is 0 Å². The van der Waals surface area contributed by atoms with Crippen LogP contribution in [-0.4, -0.2) is 17.7 Å². The van der Waals surface area contributed by atoms with Gasteiger partial charge < -0.3 is 15.7 Å². The second-order valence-corrected chi connectivity index (χ2v) is 6.22. The van der Waals surface area contributed by atoms with Gasteiger partial charge in [-0.05, 0) is 48.6 Å². The highest BCUT2D eigenvalue weighted by Crippen LogP contribution is 2.31. The van der Waals surface area contributed by atoms with E-state index < -0.39 is 6.10 Å². The normalized spacial score (nSPS) is 17.2. The predicted octanol–water partition coefficient (Wildman–Crippen LogP) is 3.15. The first-order valence-corrected chi connectivity index (χ1v) is 8.10. The van der Waals surface area contributed by atoms with E-state index in [9.17, 15) is 14.3 Å². The van der Waals surface area contributed by atoms with Crippen molar-refractivity contribution < 1.29 is 14.3 Å². The number of amides is 2. The fourth-order valence-electron chi connectivity index (χ4n) is 3.13. The van der Waals surface area contributed by atoms with Crippen molar-refractivity contribution in [3.05, 3.63) is 70.5 Å². The summed E-state index contributed by atoms with van der Waals surface area (Å²) in [7, 11) is 0. The highest BCUT2D eigenvalue weighted by atomic mass is 19.1. The van der Waals surface area contributed by atoms with Gasteiger partial charge in [-0.3, -0.25) is 0 Å². The number of nitrogens with one attached hydrogen (secondary N) is 2. The minimum Gasteiger partial charge on any atom is -0.387 e. The quantitative estimate of drug-likeness (QED) is 0.807. The van der Waals surface area contributed by atoms with Crippen molar-refractivity contribution in [2.24, 2.45) is 0 Å². The molecule has 0 aromatic heterocycles. The summed E-state index contributed by atoms with van der Waals surface area (Å²) >= 11 is 0. The van der Waals surface area contributed by atoms with Crippen LogP contribution in [0.1, 0.15) is 40.8 Å². The van der Waals surface area contributed by atoms with E-state index >= 15 is 0 Å². The first kappa shape index (κ1) is 16.5. The molecule has 0 spiro atoms. The van der Waals surface area contributed by atoms with E-state index in [1.54, 1.807) is 6.07 Å². The maximum absolute atomic E-state index is 13.2. The summed E-state index contributed by atoms with van der Waals surface area (Å²) in [6, 6.07) is 11.8. The van der Waals surface area contributed by atoms with E-state index in [2.05, 4.69) is 10.6 Å². The van der Waals surface area contributed by atoms with E-state index in [0.29, 0.717) is 0 Å². The Hall–Kier alpha value is -2.40. The number of benzene rings is 2. The Morgan fingerprint density at radius 1 is 1.33 bits per heavy atom. The molecule has 2 atom stereocenters. The van der Waals surface area contributed by atoms with Gasteiger partial charge in [0.1, 0.15) is 5.82 Å². The zero-order valence-electron chi connectivity index (χ0n) is 13.6. The number of hydrogen-bond donors (Lipinski definition) is 3. The van der Waals surface area contributed by atoms with Gasteiger partial charge in [0.15, 0.2) is 0 Å². The Balaban J connectivity index is 1.54. The Morgan fingerprint density at radius 3 is 2.96 bits per heavy atom. The maximum Gasteiger partial charge on any atom is 0.315 e. The van der Waals surface area contributed by atoms with Crippen LogP contribution in [0.4, 0.5) is 9.18 Å². The number of carbonyl (C=O) groups excluding carboxylic acids is 1. The number of aliphatic hydroxyl groups excluding tert-OH is 1.